The summed E-state index contributed by atoms with van der Waals surface area (Å²) in [6, 6.07) is 0. The van der Waals surface area contributed by atoms with Gasteiger partial charge in [-0.15, -0.1) is 0 Å². The highest BCUT2D eigenvalue weighted by Crippen LogP contribution is 2.70. The number of carboxylic acid groups (broad SMARTS) is 1. The number of fused-ring (bicyclic) bond motifs is 5. The van der Waals surface area contributed by atoms with E-state index in [0.717, 1.165) is 25.0 Å². The fourth-order valence-electron chi connectivity index (χ4n) is 8.58. The summed E-state index contributed by atoms with van der Waals surface area (Å²) >= 11 is 0. The van der Waals surface area contributed by atoms with Crippen LogP contribution in [0.15, 0.2) is 11.6 Å². The Balaban J connectivity index is 0.000000527. The molecule has 0 amide bonds. The Labute approximate surface area is 206 Å². The molecule has 35 heavy (non-hydrogen) atoms. The van der Waals surface area contributed by atoms with Gasteiger partial charge in [-0.25, -0.2) is 4.79 Å². The van der Waals surface area contributed by atoms with E-state index in [2.05, 4.69) is 12.7 Å². The number of aliphatic hydroxyl groups is 4. The second-order valence-corrected chi connectivity index (χ2v) is 11.7. The molecule has 9 nitrogen and oxygen atoms in total. The van der Waals surface area contributed by atoms with Crippen LogP contribution in [0, 0.1) is 28.6 Å². The number of hydrogen-bond donors (Lipinski definition) is 5. The summed E-state index contributed by atoms with van der Waals surface area (Å²) in [5.41, 5.74) is -0.0180. The first kappa shape index (κ1) is 26.5. The van der Waals surface area contributed by atoms with E-state index >= 15 is 0 Å². The Bertz CT molecular complexity index is 875. The van der Waals surface area contributed by atoms with Gasteiger partial charge in [0, 0.05) is 36.4 Å². The third-order valence-electron chi connectivity index (χ3n) is 10.3. The Kier molecular flexibility index (Phi) is 7.14. The highest BCUT2D eigenvalue weighted by molar-refractivity contribution is 5.85. The molecule has 4 fully saturated rings. The molecule has 0 bridgehead atoms. The molecule has 0 aromatic rings. The van der Waals surface area contributed by atoms with Crippen LogP contribution in [0.25, 0.3) is 0 Å². The van der Waals surface area contributed by atoms with Crippen LogP contribution in [0.1, 0.15) is 71.1 Å². The summed E-state index contributed by atoms with van der Waals surface area (Å²) in [4.78, 5) is 24.2. The number of ether oxygens (including phenoxy) is 1. The Morgan fingerprint density at radius 2 is 1.86 bits per heavy atom. The van der Waals surface area contributed by atoms with E-state index in [1.165, 1.54) is 0 Å². The first-order valence-electron chi connectivity index (χ1n) is 13.1. The molecule has 198 valence electrons. The summed E-state index contributed by atoms with van der Waals surface area (Å²) in [6.07, 6.45) is 5.48. The molecule has 5 aliphatic rings. The van der Waals surface area contributed by atoms with E-state index in [9.17, 15) is 30.0 Å². The molecule has 0 radical (unpaired) electrons. The quantitative estimate of drug-likeness (QED) is 0.311. The molecule has 0 aromatic heterocycles. The smallest absolute Gasteiger partial charge is 0.331 e. The summed E-state index contributed by atoms with van der Waals surface area (Å²) < 4.78 is 5.13. The predicted molar refractivity (Wildman–Crippen MR) is 122 cm³/mol. The van der Waals surface area contributed by atoms with Crippen LogP contribution in [0.3, 0.4) is 0 Å². The molecular formula is C26H41NO8. The third-order valence-corrected chi connectivity index (χ3v) is 10.3. The van der Waals surface area contributed by atoms with Gasteiger partial charge < -0.3 is 40.8 Å². The van der Waals surface area contributed by atoms with Crippen molar-refractivity contribution >= 4 is 11.9 Å². The number of aliphatic hydroxyl groups excluding tert-OH is 2. The number of carbonyl (C=O) groups is 2. The zero-order valence-corrected chi connectivity index (χ0v) is 20.7. The van der Waals surface area contributed by atoms with Gasteiger partial charge in [0.25, 0.3) is 0 Å². The van der Waals surface area contributed by atoms with E-state index in [1.54, 1.807) is 6.08 Å². The van der Waals surface area contributed by atoms with Crippen molar-refractivity contribution in [3.63, 3.8) is 0 Å². The zero-order valence-electron chi connectivity index (χ0n) is 20.7. The fourth-order valence-corrected chi connectivity index (χ4v) is 8.58. The van der Waals surface area contributed by atoms with Gasteiger partial charge in [0.1, 0.15) is 6.61 Å². The zero-order chi connectivity index (χ0) is 25.6. The van der Waals surface area contributed by atoms with Crippen LogP contribution in [0.4, 0.5) is 0 Å². The van der Waals surface area contributed by atoms with E-state index in [0.29, 0.717) is 32.1 Å². The number of rotatable bonds is 4. The second kappa shape index (κ2) is 9.41. The lowest BCUT2D eigenvalue weighted by Gasteiger charge is -2.67. The molecule has 1 aliphatic heterocycles. The monoisotopic (exact) mass is 495 g/mol. The van der Waals surface area contributed by atoms with Crippen molar-refractivity contribution in [3.8, 4) is 0 Å². The number of aliphatic carboxylic acids is 1. The number of esters is 1. The lowest BCUT2D eigenvalue weighted by molar-refractivity contribution is -0.369. The predicted octanol–water partition coefficient (Wildman–Crippen LogP) is -0.940. The number of quaternary nitrogens is 1. The molecular weight excluding hydrogens is 454 g/mol. The molecule has 4 aliphatic carbocycles. The maximum atomic E-state index is 12.6. The highest BCUT2D eigenvalue weighted by Gasteiger charge is 2.71. The van der Waals surface area contributed by atoms with E-state index in [4.69, 9.17) is 9.84 Å². The number of carbonyl (C=O) groups excluding carboxylic acids is 2. The van der Waals surface area contributed by atoms with Crippen LogP contribution in [-0.2, 0) is 14.3 Å². The normalized spacial score (nSPS) is 46.3. The largest absolute Gasteiger partial charge is 0.549 e. The van der Waals surface area contributed by atoms with Gasteiger partial charge in [-0.3, -0.25) is 0 Å². The van der Waals surface area contributed by atoms with Crippen molar-refractivity contribution in [2.45, 2.75) is 88.4 Å². The topological polar surface area (TPSA) is 175 Å². The van der Waals surface area contributed by atoms with Crippen molar-refractivity contribution in [3.05, 3.63) is 11.6 Å². The van der Waals surface area contributed by atoms with Crippen molar-refractivity contribution in [2.24, 2.45) is 28.6 Å². The minimum absolute atomic E-state index is 0.0304. The van der Waals surface area contributed by atoms with Gasteiger partial charge in [-0.1, -0.05) is 6.92 Å². The molecule has 4 unspecified atom stereocenters. The fraction of sp³-hybridized carbons (Fsp3) is 0.846. The molecule has 5 rings (SSSR count). The van der Waals surface area contributed by atoms with Crippen molar-refractivity contribution in [1.29, 1.82) is 0 Å². The van der Waals surface area contributed by atoms with Crippen molar-refractivity contribution in [2.75, 3.05) is 19.8 Å². The highest BCUT2D eigenvalue weighted by atomic mass is 16.5. The standard InChI is InChI=1S/C23H32O7.C3H9NO/c1-20-6-3-16-17(23(20,29)9-5-15(20)13-10-18(25)30-12-13)4-7-21(28)11-14(24)2-8-22(16,21)19(26)27;4-2-1-3-5/h10,14-17,24,28-29H,2-9,11-12H2,1H3,(H,26,27);5H,1-4H2/t14?,15-,16-,17?,20+,21?,22+,23?;/m0./s1. The molecule has 0 spiro atoms. The van der Waals surface area contributed by atoms with E-state index < -0.39 is 34.1 Å². The van der Waals surface area contributed by atoms with E-state index in [-0.39, 0.29) is 56.2 Å². The summed E-state index contributed by atoms with van der Waals surface area (Å²) in [6.45, 7) is 3.46. The molecule has 7 N–H and O–H groups in total. The first-order valence-corrected chi connectivity index (χ1v) is 13.1. The number of cyclic esters (lactones) is 1. The lowest BCUT2D eigenvalue weighted by atomic mass is 9.41. The van der Waals surface area contributed by atoms with Crippen LogP contribution >= 0.6 is 0 Å². The van der Waals surface area contributed by atoms with Gasteiger partial charge in [-0.05, 0) is 74.7 Å². The summed E-state index contributed by atoms with van der Waals surface area (Å²) in [5, 5.41) is 54.3. The Hall–Kier alpha value is -1.52. The molecule has 0 saturated heterocycles. The number of hydrogen-bond acceptors (Lipinski definition) is 8. The van der Waals surface area contributed by atoms with Gasteiger partial charge in [0.05, 0.1) is 29.8 Å². The molecule has 9 heteroatoms. The molecule has 8 atom stereocenters. The average Bonchev–Trinajstić information content (AvgIpc) is 3.33. The van der Waals surface area contributed by atoms with Crippen LogP contribution in [-0.4, -0.2) is 69.4 Å². The minimum atomic E-state index is -1.50. The Morgan fingerprint density at radius 1 is 1.14 bits per heavy atom. The third kappa shape index (κ3) is 3.85. The maximum absolute atomic E-state index is 12.6. The van der Waals surface area contributed by atoms with Gasteiger partial charge in [0.2, 0.25) is 0 Å². The van der Waals surface area contributed by atoms with Gasteiger partial charge in [-0.2, -0.15) is 0 Å². The Morgan fingerprint density at radius 3 is 2.43 bits per heavy atom. The van der Waals surface area contributed by atoms with Gasteiger partial charge >= 0.3 is 5.97 Å². The maximum Gasteiger partial charge on any atom is 0.331 e. The van der Waals surface area contributed by atoms with Crippen molar-refractivity contribution in [1.82, 2.24) is 0 Å². The average molecular weight is 496 g/mol. The molecule has 0 aromatic carbocycles. The summed E-state index contributed by atoms with van der Waals surface area (Å²) in [5.74, 6) is -2.19. The first-order chi connectivity index (χ1) is 16.5. The van der Waals surface area contributed by atoms with Crippen LogP contribution in [0.2, 0.25) is 0 Å². The molecule has 1 heterocycles. The van der Waals surface area contributed by atoms with Crippen LogP contribution in [0.5, 0.6) is 0 Å². The molecule has 4 saturated carbocycles. The number of carboxylic acids is 1. The van der Waals surface area contributed by atoms with Crippen molar-refractivity contribution < 1.29 is 45.6 Å². The van der Waals surface area contributed by atoms with E-state index in [1.807, 2.05) is 0 Å². The summed E-state index contributed by atoms with van der Waals surface area (Å²) in [7, 11) is 0. The minimum Gasteiger partial charge on any atom is -0.549 e. The second-order valence-electron chi connectivity index (χ2n) is 11.7. The van der Waals surface area contributed by atoms with Crippen LogP contribution < -0.4 is 10.8 Å². The SMILES string of the molecule is C[C@]12CC[C@H]3C(CCC4(O)CC(O)CC[C@]34C(=O)[O-])C1(O)CC[C@H]2C1=CC(=O)OC1.[NH3+]CCCO. The lowest BCUT2D eigenvalue weighted by Crippen LogP contribution is -2.72. The van der Waals surface area contributed by atoms with Gasteiger partial charge in [0.15, 0.2) is 0 Å².